The molecule has 0 unspecified atom stereocenters. The number of carbonyl (C=O) groups is 3. The first-order valence-corrected chi connectivity index (χ1v) is 11.6. The highest BCUT2D eigenvalue weighted by molar-refractivity contribution is 7.13. The van der Waals surface area contributed by atoms with Gasteiger partial charge in [-0.25, -0.2) is 14.2 Å². The molecule has 1 aromatic heterocycles. The maximum atomic E-state index is 13.0. The number of amides is 4. The molecule has 0 aliphatic carbocycles. The Morgan fingerprint density at radius 1 is 1.22 bits per heavy atom. The number of aromatic nitrogens is 1. The van der Waals surface area contributed by atoms with Gasteiger partial charge in [0, 0.05) is 37.1 Å². The Morgan fingerprint density at radius 3 is 2.56 bits per heavy atom. The van der Waals surface area contributed by atoms with Gasteiger partial charge in [-0.1, -0.05) is 25.5 Å². The molecule has 32 heavy (non-hydrogen) atoms. The van der Waals surface area contributed by atoms with E-state index in [4.69, 9.17) is 0 Å². The van der Waals surface area contributed by atoms with Crippen LogP contribution in [0.3, 0.4) is 0 Å². The van der Waals surface area contributed by atoms with E-state index in [0.29, 0.717) is 37.5 Å². The van der Waals surface area contributed by atoms with Crippen molar-refractivity contribution < 1.29 is 18.8 Å². The van der Waals surface area contributed by atoms with Crippen LogP contribution in [-0.2, 0) is 16.1 Å². The van der Waals surface area contributed by atoms with Crippen molar-refractivity contribution in [3.63, 3.8) is 0 Å². The van der Waals surface area contributed by atoms with Crippen molar-refractivity contribution in [1.82, 2.24) is 20.5 Å². The van der Waals surface area contributed by atoms with Crippen molar-refractivity contribution >= 4 is 34.3 Å². The Morgan fingerprint density at radius 2 is 1.94 bits per heavy atom. The zero-order chi connectivity index (χ0) is 22.9. The van der Waals surface area contributed by atoms with Crippen molar-refractivity contribution in [2.75, 3.05) is 18.4 Å². The summed E-state index contributed by atoms with van der Waals surface area (Å²) in [6.07, 6.45) is 4.03. The minimum absolute atomic E-state index is 0.0737. The summed E-state index contributed by atoms with van der Waals surface area (Å²) in [6, 6.07) is 4.78. The number of urea groups is 1. The van der Waals surface area contributed by atoms with Crippen LogP contribution in [0.15, 0.2) is 35.8 Å². The molecule has 1 saturated heterocycles. The maximum Gasteiger partial charge on any atom is 0.315 e. The molecule has 2 heterocycles. The zero-order valence-corrected chi connectivity index (χ0v) is 18.8. The first-order valence-electron chi connectivity index (χ1n) is 10.7. The van der Waals surface area contributed by atoms with Gasteiger partial charge in [-0.05, 0) is 37.0 Å². The molecule has 172 valence electrons. The SMILES string of the molecule is CCC[C@@H](NC(=O)NCc1ccc(F)cc1)C(=O)N1CCC(C(=O)Nc2nccs2)CC1. The Kier molecular flexibility index (Phi) is 8.55. The molecule has 3 N–H and O–H groups in total. The number of thiazole rings is 1. The largest absolute Gasteiger partial charge is 0.341 e. The lowest BCUT2D eigenvalue weighted by Gasteiger charge is -2.33. The first kappa shape index (κ1) is 23.6. The van der Waals surface area contributed by atoms with Gasteiger partial charge >= 0.3 is 6.03 Å². The number of anilines is 1. The second-order valence-corrected chi connectivity index (χ2v) is 8.62. The van der Waals surface area contributed by atoms with Crippen LogP contribution in [0.4, 0.5) is 14.3 Å². The molecule has 1 aliphatic heterocycles. The number of nitrogens with zero attached hydrogens (tertiary/aromatic N) is 2. The second-order valence-electron chi connectivity index (χ2n) is 7.72. The van der Waals surface area contributed by atoms with E-state index >= 15 is 0 Å². The number of benzene rings is 1. The van der Waals surface area contributed by atoms with Gasteiger partial charge in [-0.2, -0.15) is 0 Å². The molecule has 1 aliphatic rings. The van der Waals surface area contributed by atoms with Crippen molar-refractivity contribution in [2.45, 2.75) is 45.2 Å². The van der Waals surface area contributed by atoms with Crippen LogP contribution < -0.4 is 16.0 Å². The van der Waals surface area contributed by atoms with E-state index in [2.05, 4.69) is 20.9 Å². The van der Waals surface area contributed by atoms with E-state index in [0.717, 1.165) is 12.0 Å². The van der Waals surface area contributed by atoms with Crippen molar-refractivity contribution in [1.29, 1.82) is 0 Å². The molecule has 0 radical (unpaired) electrons. The number of halogens is 1. The zero-order valence-electron chi connectivity index (χ0n) is 18.0. The van der Waals surface area contributed by atoms with Gasteiger partial charge in [0.05, 0.1) is 0 Å². The average molecular weight is 462 g/mol. The molecule has 0 saturated carbocycles. The third kappa shape index (κ3) is 6.74. The smallest absolute Gasteiger partial charge is 0.315 e. The molecular weight excluding hydrogens is 433 g/mol. The van der Waals surface area contributed by atoms with E-state index in [9.17, 15) is 18.8 Å². The first-order chi connectivity index (χ1) is 15.5. The molecule has 3 rings (SSSR count). The number of carbonyl (C=O) groups excluding carboxylic acids is 3. The van der Waals surface area contributed by atoms with Crippen LogP contribution in [0.5, 0.6) is 0 Å². The predicted octanol–water partition coefficient (Wildman–Crippen LogP) is 3.13. The van der Waals surface area contributed by atoms with Crippen molar-refractivity contribution in [3.05, 3.63) is 47.2 Å². The Labute approximate surface area is 190 Å². The van der Waals surface area contributed by atoms with Crippen molar-refractivity contribution in [3.8, 4) is 0 Å². The molecule has 0 spiro atoms. The van der Waals surface area contributed by atoms with E-state index in [1.165, 1.54) is 23.5 Å². The quantitative estimate of drug-likeness (QED) is 0.562. The standard InChI is InChI=1S/C22H28FN5O3S/c1-2-3-18(26-21(31)25-14-15-4-6-17(23)7-5-15)20(30)28-11-8-16(9-12-28)19(29)27-22-24-10-13-32-22/h4-7,10,13,16,18H,2-3,8-9,11-12,14H2,1H3,(H,24,27,29)(H2,25,26,31)/t18-/m1/s1. The van der Waals surface area contributed by atoms with Crippen LogP contribution in [0.25, 0.3) is 0 Å². The normalized spacial score (nSPS) is 15.1. The number of likely N-dealkylation sites (tertiary alicyclic amines) is 1. The van der Waals surface area contributed by atoms with Crippen LogP contribution in [0, 0.1) is 11.7 Å². The minimum Gasteiger partial charge on any atom is -0.341 e. The van der Waals surface area contributed by atoms with Gasteiger partial charge in [0.1, 0.15) is 11.9 Å². The van der Waals surface area contributed by atoms with Crippen LogP contribution in [-0.4, -0.2) is 46.9 Å². The summed E-state index contributed by atoms with van der Waals surface area (Å²) < 4.78 is 13.0. The van der Waals surface area contributed by atoms with Gasteiger partial charge in [-0.3, -0.25) is 9.59 Å². The molecule has 1 atom stereocenters. The molecular formula is C22H28FN5O3S. The summed E-state index contributed by atoms with van der Waals surface area (Å²) in [5.74, 6) is -0.714. The van der Waals surface area contributed by atoms with E-state index < -0.39 is 12.1 Å². The van der Waals surface area contributed by atoms with Gasteiger partial charge in [0.2, 0.25) is 11.8 Å². The average Bonchev–Trinajstić information content (AvgIpc) is 3.31. The summed E-state index contributed by atoms with van der Waals surface area (Å²) in [4.78, 5) is 43.5. The number of rotatable bonds is 8. The topological polar surface area (TPSA) is 103 Å². The molecule has 8 nitrogen and oxygen atoms in total. The van der Waals surface area contributed by atoms with E-state index in [-0.39, 0.29) is 30.1 Å². The highest BCUT2D eigenvalue weighted by atomic mass is 32.1. The molecule has 1 fully saturated rings. The Bertz CT molecular complexity index is 899. The van der Waals surface area contributed by atoms with Gasteiger partial charge < -0.3 is 20.9 Å². The lowest BCUT2D eigenvalue weighted by Crippen LogP contribution is -2.53. The third-order valence-corrected chi connectivity index (χ3v) is 6.08. The fourth-order valence-electron chi connectivity index (χ4n) is 3.62. The van der Waals surface area contributed by atoms with Gasteiger partial charge in [0.15, 0.2) is 5.13 Å². The molecule has 10 heteroatoms. The summed E-state index contributed by atoms with van der Waals surface area (Å²) in [5, 5.41) is 10.7. The van der Waals surface area contributed by atoms with E-state index in [1.54, 1.807) is 28.6 Å². The Hall–Kier alpha value is -3.01. The number of piperidine rings is 1. The maximum absolute atomic E-state index is 13.0. The minimum atomic E-state index is -0.631. The van der Waals surface area contributed by atoms with Crippen molar-refractivity contribution in [2.24, 2.45) is 5.92 Å². The third-order valence-electron chi connectivity index (χ3n) is 5.39. The summed E-state index contributed by atoms with van der Waals surface area (Å²) in [6.45, 7) is 3.12. The number of hydrogen-bond acceptors (Lipinski definition) is 5. The Balaban J connectivity index is 1.47. The van der Waals surface area contributed by atoms with Crippen LogP contribution in [0.1, 0.15) is 38.2 Å². The van der Waals surface area contributed by atoms with Gasteiger partial charge in [0.25, 0.3) is 0 Å². The van der Waals surface area contributed by atoms with E-state index in [1.807, 2.05) is 6.92 Å². The fourth-order valence-corrected chi connectivity index (χ4v) is 4.15. The number of hydrogen-bond donors (Lipinski definition) is 3. The highest BCUT2D eigenvalue weighted by Crippen LogP contribution is 2.21. The predicted molar refractivity (Wildman–Crippen MR) is 121 cm³/mol. The van der Waals surface area contributed by atoms with Crippen LogP contribution >= 0.6 is 11.3 Å². The monoisotopic (exact) mass is 461 g/mol. The molecule has 0 bridgehead atoms. The molecule has 1 aromatic carbocycles. The summed E-state index contributed by atoms with van der Waals surface area (Å²) in [5.41, 5.74) is 0.762. The fraction of sp³-hybridized carbons (Fsp3) is 0.455. The lowest BCUT2D eigenvalue weighted by molar-refractivity contribution is -0.136. The molecule has 2 aromatic rings. The van der Waals surface area contributed by atoms with Gasteiger partial charge in [-0.15, -0.1) is 11.3 Å². The lowest BCUT2D eigenvalue weighted by atomic mass is 9.95. The summed E-state index contributed by atoms with van der Waals surface area (Å²) in [7, 11) is 0. The molecule has 4 amide bonds. The summed E-state index contributed by atoms with van der Waals surface area (Å²) >= 11 is 1.37. The van der Waals surface area contributed by atoms with Crippen LogP contribution in [0.2, 0.25) is 0 Å². The highest BCUT2D eigenvalue weighted by Gasteiger charge is 2.31. The number of nitrogens with one attached hydrogen (secondary N) is 3. The second kappa shape index (κ2) is 11.6.